The second-order valence-corrected chi connectivity index (χ2v) is 7.89. The molecular formula is C20H19N3O5S. The monoisotopic (exact) mass is 413 g/mol. The van der Waals surface area contributed by atoms with Crippen LogP contribution in [-0.2, 0) is 26.0 Å². The number of aromatic hydroxyl groups is 1. The zero-order valence-electron chi connectivity index (χ0n) is 15.3. The summed E-state index contributed by atoms with van der Waals surface area (Å²) in [5.41, 5.74) is 1.19. The smallest absolute Gasteiger partial charge is 0.313 e. The number of nitrogens with one attached hydrogen (secondary N) is 2. The van der Waals surface area contributed by atoms with Gasteiger partial charge in [0.1, 0.15) is 5.75 Å². The number of benzene rings is 3. The molecule has 0 atom stereocenters. The molecule has 3 rings (SSSR count). The highest BCUT2D eigenvalue weighted by molar-refractivity contribution is 7.89. The lowest BCUT2D eigenvalue weighted by molar-refractivity contribution is -0.136. The van der Waals surface area contributed by atoms with E-state index < -0.39 is 21.8 Å². The number of phenolic OH excluding ortho intramolecular Hbond substituents is 1. The molecule has 3 aromatic rings. The molecule has 5 N–H and O–H groups in total. The Labute approximate surface area is 167 Å². The molecule has 0 radical (unpaired) electrons. The van der Waals surface area contributed by atoms with E-state index in [1.807, 2.05) is 0 Å². The normalized spacial score (nSPS) is 11.2. The van der Waals surface area contributed by atoms with Crippen molar-refractivity contribution in [2.45, 2.75) is 11.3 Å². The van der Waals surface area contributed by atoms with Crippen molar-refractivity contribution in [2.75, 3.05) is 11.9 Å². The number of fused-ring (bicyclic) bond motifs is 1. The van der Waals surface area contributed by atoms with E-state index in [1.165, 1.54) is 18.2 Å². The van der Waals surface area contributed by atoms with E-state index in [4.69, 9.17) is 5.14 Å². The van der Waals surface area contributed by atoms with Crippen LogP contribution >= 0.6 is 0 Å². The number of hydrogen-bond acceptors (Lipinski definition) is 5. The summed E-state index contributed by atoms with van der Waals surface area (Å²) < 4.78 is 22.5. The van der Waals surface area contributed by atoms with E-state index in [0.29, 0.717) is 22.9 Å². The summed E-state index contributed by atoms with van der Waals surface area (Å²) in [6, 6.07) is 15.9. The SMILES string of the molecule is NS(=O)(=O)c1ccc(CCNC(=O)C(=O)Nc2cccc3c(O)cccc23)cc1. The van der Waals surface area contributed by atoms with Crippen LogP contribution in [0.4, 0.5) is 5.69 Å². The van der Waals surface area contributed by atoms with Gasteiger partial charge in [0, 0.05) is 23.0 Å². The number of carbonyl (C=O) groups excluding carboxylic acids is 2. The van der Waals surface area contributed by atoms with Crippen LogP contribution in [0.5, 0.6) is 5.75 Å². The summed E-state index contributed by atoms with van der Waals surface area (Å²) in [6.07, 6.45) is 0.409. The van der Waals surface area contributed by atoms with Gasteiger partial charge in [0.25, 0.3) is 0 Å². The Kier molecular flexibility index (Phi) is 5.81. The first-order valence-corrected chi connectivity index (χ1v) is 10.2. The Balaban J connectivity index is 1.58. The molecule has 0 bridgehead atoms. The van der Waals surface area contributed by atoms with E-state index in [-0.39, 0.29) is 17.2 Å². The molecule has 0 unspecified atom stereocenters. The number of rotatable bonds is 5. The van der Waals surface area contributed by atoms with Crippen LogP contribution in [0.3, 0.4) is 0 Å². The molecule has 0 saturated carbocycles. The number of anilines is 1. The molecule has 0 saturated heterocycles. The van der Waals surface area contributed by atoms with Gasteiger partial charge >= 0.3 is 11.8 Å². The van der Waals surface area contributed by atoms with Crippen molar-refractivity contribution < 1.29 is 23.1 Å². The minimum absolute atomic E-state index is 0.00536. The topological polar surface area (TPSA) is 139 Å². The van der Waals surface area contributed by atoms with Gasteiger partial charge in [0.05, 0.1) is 4.90 Å². The number of amides is 2. The minimum Gasteiger partial charge on any atom is -0.507 e. The standard InChI is InChI=1S/C20H19N3O5S/c21-29(27,28)14-9-7-13(8-10-14)11-12-22-19(25)20(26)23-17-5-1-4-16-15(17)3-2-6-18(16)24/h1-10,24H,11-12H2,(H,22,25)(H,23,26)(H2,21,27,28). The molecule has 3 aromatic carbocycles. The van der Waals surface area contributed by atoms with Crippen molar-refractivity contribution in [3.63, 3.8) is 0 Å². The maximum atomic E-state index is 12.2. The van der Waals surface area contributed by atoms with Crippen LogP contribution in [0.25, 0.3) is 10.8 Å². The van der Waals surface area contributed by atoms with Gasteiger partial charge in [-0.3, -0.25) is 9.59 Å². The second-order valence-electron chi connectivity index (χ2n) is 6.33. The molecule has 0 aliphatic rings. The summed E-state index contributed by atoms with van der Waals surface area (Å²) in [4.78, 5) is 24.2. The van der Waals surface area contributed by atoms with Crippen LogP contribution in [0, 0.1) is 0 Å². The van der Waals surface area contributed by atoms with Crippen LogP contribution < -0.4 is 15.8 Å². The Bertz CT molecular complexity index is 1170. The first-order chi connectivity index (χ1) is 13.8. The van der Waals surface area contributed by atoms with Crippen molar-refractivity contribution in [1.82, 2.24) is 5.32 Å². The summed E-state index contributed by atoms with van der Waals surface area (Å²) >= 11 is 0. The quantitative estimate of drug-likeness (QED) is 0.470. The van der Waals surface area contributed by atoms with E-state index in [1.54, 1.807) is 42.5 Å². The molecule has 0 aliphatic heterocycles. The van der Waals surface area contributed by atoms with Gasteiger partial charge in [0.2, 0.25) is 10.0 Å². The molecule has 9 heteroatoms. The van der Waals surface area contributed by atoms with E-state index >= 15 is 0 Å². The number of primary sulfonamides is 1. The fraction of sp³-hybridized carbons (Fsp3) is 0.100. The summed E-state index contributed by atoms with van der Waals surface area (Å²) in [6.45, 7) is 0.192. The fourth-order valence-corrected chi connectivity index (χ4v) is 3.34. The predicted octanol–water partition coefficient (Wildman–Crippen LogP) is 1.49. The summed E-state index contributed by atoms with van der Waals surface area (Å²) in [5, 5.41) is 21.2. The van der Waals surface area contributed by atoms with Gasteiger partial charge in [-0.15, -0.1) is 0 Å². The van der Waals surface area contributed by atoms with Crippen molar-refractivity contribution in [3.8, 4) is 5.75 Å². The molecule has 8 nitrogen and oxygen atoms in total. The molecule has 0 aliphatic carbocycles. The van der Waals surface area contributed by atoms with Gasteiger partial charge < -0.3 is 15.7 Å². The molecule has 0 aromatic heterocycles. The Hall–Kier alpha value is -3.43. The van der Waals surface area contributed by atoms with Gasteiger partial charge in [-0.1, -0.05) is 36.4 Å². The van der Waals surface area contributed by atoms with Gasteiger partial charge in [-0.05, 0) is 36.2 Å². The Morgan fingerprint density at radius 3 is 2.24 bits per heavy atom. The van der Waals surface area contributed by atoms with E-state index in [0.717, 1.165) is 5.56 Å². The van der Waals surface area contributed by atoms with Crippen molar-refractivity contribution in [1.29, 1.82) is 0 Å². The lowest BCUT2D eigenvalue weighted by Gasteiger charge is -2.10. The lowest BCUT2D eigenvalue weighted by atomic mass is 10.1. The number of phenols is 1. The molecule has 0 fully saturated rings. The maximum Gasteiger partial charge on any atom is 0.313 e. The van der Waals surface area contributed by atoms with Crippen molar-refractivity contribution in [3.05, 3.63) is 66.2 Å². The van der Waals surface area contributed by atoms with Gasteiger partial charge in [-0.2, -0.15) is 0 Å². The number of hydrogen-bond donors (Lipinski definition) is 4. The predicted molar refractivity (Wildman–Crippen MR) is 109 cm³/mol. The number of carbonyl (C=O) groups is 2. The Morgan fingerprint density at radius 2 is 1.55 bits per heavy atom. The third-order valence-corrected chi connectivity index (χ3v) is 5.23. The number of sulfonamides is 1. The van der Waals surface area contributed by atoms with Gasteiger partial charge in [-0.25, -0.2) is 13.6 Å². The molecule has 0 heterocycles. The second kappa shape index (κ2) is 8.29. The zero-order chi connectivity index (χ0) is 21.0. The average Bonchev–Trinajstić information content (AvgIpc) is 2.68. The summed E-state index contributed by atoms with van der Waals surface area (Å²) in [5.74, 6) is -1.55. The third-order valence-electron chi connectivity index (χ3n) is 4.30. The van der Waals surface area contributed by atoms with Crippen LogP contribution in [0.15, 0.2) is 65.6 Å². The molecular weight excluding hydrogens is 394 g/mol. The van der Waals surface area contributed by atoms with Crippen LogP contribution in [0.1, 0.15) is 5.56 Å². The lowest BCUT2D eigenvalue weighted by Crippen LogP contribution is -2.36. The van der Waals surface area contributed by atoms with Crippen molar-refractivity contribution in [2.24, 2.45) is 5.14 Å². The highest BCUT2D eigenvalue weighted by Crippen LogP contribution is 2.29. The molecule has 2 amide bonds. The molecule has 0 spiro atoms. The fourth-order valence-electron chi connectivity index (χ4n) is 2.83. The molecule has 29 heavy (non-hydrogen) atoms. The summed E-state index contributed by atoms with van der Waals surface area (Å²) in [7, 11) is -3.75. The first-order valence-electron chi connectivity index (χ1n) is 8.67. The van der Waals surface area contributed by atoms with Gasteiger partial charge in [0.15, 0.2) is 0 Å². The third kappa shape index (κ3) is 4.89. The first kappa shape index (κ1) is 20.3. The average molecular weight is 413 g/mol. The Morgan fingerprint density at radius 1 is 0.897 bits per heavy atom. The van der Waals surface area contributed by atoms with Crippen molar-refractivity contribution >= 4 is 38.3 Å². The maximum absolute atomic E-state index is 12.2. The molecule has 150 valence electrons. The minimum atomic E-state index is -3.75. The highest BCUT2D eigenvalue weighted by atomic mass is 32.2. The zero-order valence-corrected chi connectivity index (χ0v) is 16.1. The highest BCUT2D eigenvalue weighted by Gasteiger charge is 2.15. The van der Waals surface area contributed by atoms with Crippen LogP contribution in [0.2, 0.25) is 0 Å². The van der Waals surface area contributed by atoms with Crippen LogP contribution in [-0.4, -0.2) is 31.9 Å². The van der Waals surface area contributed by atoms with E-state index in [9.17, 15) is 23.1 Å². The van der Waals surface area contributed by atoms with E-state index in [2.05, 4.69) is 10.6 Å². The number of nitrogens with two attached hydrogens (primary N) is 1. The largest absolute Gasteiger partial charge is 0.507 e.